The summed E-state index contributed by atoms with van der Waals surface area (Å²) in [6.07, 6.45) is 1.21. The second-order valence-corrected chi connectivity index (χ2v) is 4.74. The van der Waals surface area contributed by atoms with E-state index < -0.39 is 6.10 Å². The Balaban J connectivity index is 2.14. The zero-order valence-corrected chi connectivity index (χ0v) is 11.5. The van der Waals surface area contributed by atoms with E-state index in [2.05, 4.69) is 4.98 Å². The molecule has 1 atom stereocenters. The van der Waals surface area contributed by atoms with Crippen molar-refractivity contribution in [1.82, 2.24) is 14.5 Å². The highest BCUT2D eigenvalue weighted by atomic mass is 16.3. The summed E-state index contributed by atoms with van der Waals surface area (Å²) in [5.74, 6) is 0. The van der Waals surface area contributed by atoms with Gasteiger partial charge in [0.05, 0.1) is 30.1 Å². The third kappa shape index (κ3) is 3.12. The van der Waals surface area contributed by atoms with Crippen molar-refractivity contribution < 1.29 is 10.2 Å². The predicted molar refractivity (Wildman–Crippen MR) is 74.9 cm³/mol. The predicted octanol–water partition coefficient (Wildman–Crippen LogP) is 0.921. The van der Waals surface area contributed by atoms with Crippen LogP contribution < -0.4 is 0 Å². The summed E-state index contributed by atoms with van der Waals surface area (Å²) in [6.45, 7) is 4.04. The number of nitrogens with zero attached hydrogens (tertiary/aromatic N) is 3. The standard InChI is InChI=1S/C14H21N3O2/c1-3-17(6-7-18)9-14(19)11-4-5-13-12(8-11)15-10-16(13)2/h4-5,8,10,14,18-19H,3,6-7,9H2,1-2H3. The maximum Gasteiger partial charge on any atom is 0.0955 e. The van der Waals surface area contributed by atoms with Gasteiger partial charge in [0.25, 0.3) is 0 Å². The van der Waals surface area contributed by atoms with Gasteiger partial charge in [0, 0.05) is 20.1 Å². The van der Waals surface area contributed by atoms with Crippen LogP contribution >= 0.6 is 0 Å². The molecule has 0 radical (unpaired) electrons. The minimum Gasteiger partial charge on any atom is -0.395 e. The van der Waals surface area contributed by atoms with Crippen LogP contribution in [0.15, 0.2) is 24.5 Å². The molecule has 1 aromatic heterocycles. The lowest BCUT2D eigenvalue weighted by molar-refractivity contribution is 0.103. The minimum atomic E-state index is -0.557. The molecule has 5 nitrogen and oxygen atoms in total. The van der Waals surface area contributed by atoms with Crippen LogP contribution in [0.25, 0.3) is 11.0 Å². The van der Waals surface area contributed by atoms with Crippen molar-refractivity contribution in [2.45, 2.75) is 13.0 Å². The number of aliphatic hydroxyl groups is 2. The minimum absolute atomic E-state index is 0.111. The van der Waals surface area contributed by atoms with Gasteiger partial charge in [-0.25, -0.2) is 4.98 Å². The van der Waals surface area contributed by atoms with Crippen molar-refractivity contribution in [3.05, 3.63) is 30.1 Å². The first-order valence-corrected chi connectivity index (χ1v) is 6.58. The zero-order chi connectivity index (χ0) is 13.8. The van der Waals surface area contributed by atoms with E-state index in [1.807, 2.05) is 41.6 Å². The van der Waals surface area contributed by atoms with Crippen LogP contribution in [-0.2, 0) is 7.05 Å². The fraction of sp³-hybridized carbons (Fsp3) is 0.500. The molecule has 0 saturated heterocycles. The Kier molecular flexibility index (Phi) is 4.52. The van der Waals surface area contributed by atoms with Crippen molar-refractivity contribution >= 4 is 11.0 Å². The van der Waals surface area contributed by atoms with E-state index in [1.54, 1.807) is 6.33 Å². The number of hydrogen-bond acceptors (Lipinski definition) is 4. The number of fused-ring (bicyclic) bond motifs is 1. The fourth-order valence-electron chi connectivity index (χ4n) is 2.23. The Hall–Kier alpha value is -1.43. The maximum absolute atomic E-state index is 10.3. The summed E-state index contributed by atoms with van der Waals surface area (Å²) in [7, 11) is 1.95. The van der Waals surface area contributed by atoms with Crippen LogP contribution in [0, 0.1) is 0 Å². The van der Waals surface area contributed by atoms with Gasteiger partial charge in [-0.3, -0.25) is 4.90 Å². The third-order valence-electron chi connectivity index (χ3n) is 3.43. The number of aromatic nitrogens is 2. The van der Waals surface area contributed by atoms with Crippen molar-refractivity contribution in [3.63, 3.8) is 0 Å². The Morgan fingerprint density at radius 3 is 2.89 bits per heavy atom. The second kappa shape index (κ2) is 6.14. The van der Waals surface area contributed by atoms with Gasteiger partial charge in [0.2, 0.25) is 0 Å². The van der Waals surface area contributed by atoms with Crippen LogP contribution in [-0.4, -0.2) is 50.9 Å². The summed E-state index contributed by atoms with van der Waals surface area (Å²) >= 11 is 0. The summed E-state index contributed by atoms with van der Waals surface area (Å²) in [5.41, 5.74) is 2.81. The van der Waals surface area contributed by atoms with Crippen LogP contribution in [0.3, 0.4) is 0 Å². The molecular weight excluding hydrogens is 242 g/mol. The van der Waals surface area contributed by atoms with Crippen molar-refractivity contribution in [1.29, 1.82) is 0 Å². The van der Waals surface area contributed by atoms with Gasteiger partial charge in [-0.2, -0.15) is 0 Å². The molecule has 0 saturated carbocycles. The van der Waals surface area contributed by atoms with Gasteiger partial charge >= 0.3 is 0 Å². The van der Waals surface area contributed by atoms with Crippen molar-refractivity contribution in [3.8, 4) is 0 Å². The molecule has 0 aliphatic carbocycles. The van der Waals surface area contributed by atoms with E-state index in [1.165, 1.54) is 0 Å². The molecule has 5 heteroatoms. The lowest BCUT2D eigenvalue weighted by atomic mass is 10.1. The van der Waals surface area contributed by atoms with Gasteiger partial charge in [0.1, 0.15) is 0 Å². The summed E-state index contributed by atoms with van der Waals surface area (Å²) in [4.78, 5) is 6.32. The average molecular weight is 263 g/mol. The smallest absolute Gasteiger partial charge is 0.0955 e. The van der Waals surface area contributed by atoms with Gasteiger partial charge in [-0.15, -0.1) is 0 Å². The van der Waals surface area contributed by atoms with E-state index in [4.69, 9.17) is 5.11 Å². The van der Waals surface area contributed by atoms with E-state index >= 15 is 0 Å². The highest BCUT2D eigenvalue weighted by molar-refractivity contribution is 5.76. The first-order chi connectivity index (χ1) is 9.15. The Labute approximate surface area is 113 Å². The largest absolute Gasteiger partial charge is 0.395 e. The number of likely N-dealkylation sites (N-methyl/N-ethyl adjacent to an activating group) is 1. The topological polar surface area (TPSA) is 61.5 Å². The van der Waals surface area contributed by atoms with Crippen LogP contribution in [0.1, 0.15) is 18.6 Å². The second-order valence-electron chi connectivity index (χ2n) is 4.74. The molecule has 2 rings (SSSR count). The van der Waals surface area contributed by atoms with E-state index in [0.717, 1.165) is 23.1 Å². The number of aliphatic hydroxyl groups excluding tert-OH is 2. The molecule has 19 heavy (non-hydrogen) atoms. The molecule has 0 fully saturated rings. The monoisotopic (exact) mass is 263 g/mol. The molecule has 0 bridgehead atoms. The normalized spacial score (nSPS) is 13.3. The van der Waals surface area contributed by atoms with Crippen LogP contribution in [0.5, 0.6) is 0 Å². The summed E-state index contributed by atoms with van der Waals surface area (Å²) < 4.78 is 1.95. The van der Waals surface area contributed by atoms with E-state index in [-0.39, 0.29) is 6.61 Å². The molecular formula is C14H21N3O2. The zero-order valence-electron chi connectivity index (χ0n) is 11.5. The van der Waals surface area contributed by atoms with Gasteiger partial charge in [-0.1, -0.05) is 13.0 Å². The highest BCUT2D eigenvalue weighted by Crippen LogP contribution is 2.20. The summed E-state index contributed by atoms with van der Waals surface area (Å²) in [6, 6.07) is 5.83. The van der Waals surface area contributed by atoms with E-state index in [0.29, 0.717) is 13.1 Å². The first kappa shape index (κ1) is 14.0. The molecule has 1 heterocycles. The van der Waals surface area contributed by atoms with Gasteiger partial charge < -0.3 is 14.8 Å². The lowest BCUT2D eigenvalue weighted by Gasteiger charge is -2.22. The molecule has 2 aromatic rings. The SMILES string of the molecule is CCN(CCO)CC(O)c1ccc2c(c1)ncn2C. The quantitative estimate of drug-likeness (QED) is 0.813. The third-order valence-corrected chi connectivity index (χ3v) is 3.43. The molecule has 104 valence electrons. The fourth-order valence-corrected chi connectivity index (χ4v) is 2.23. The molecule has 2 N–H and O–H groups in total. The average Bonchev–Trinajstić information content (AvgIpc) is 2.79. The van der Waals surface area contributed by atoms with Crippen LogP contribution in [0.2, 0.25) is 0 Å². The lowest BCUT2D eigenvalue weighted by Crippen LogP contribution is -2.31. The van der Waals surface area contributed by atoms with Crippen molar-refractivity contribution in [2.24, 2.45) is 7.05 Å². The van der Waals surface area contributed by atoms with Crippen molar-refractivity contribution in [2.75, 3.05) is 26.2 Å². The maximum atomic E-state index is 10.3. The Bertz CT molecular complexity index is 538. The number of imidazole rings is 1. The number of rotatable bonds is 6. The molecule has 0 amide bonds. The Morgan fingerprint density at radius 1 is 1.42 bits per heavy atom. The number of hydrogen-bond donors (Lipinski definition) is 2. The number of benzene rings is 1. The summed E-state index contributed by atoms with van der Waals surface area (Å²) in [5, 5.41) is 19.2. The molecule has 1 aromatic carbocycles. The first-order valence-electron chi connectivity index (χ1n) is 6.58. The molecule has 0 aliphatic heterocycles. The molecule has 0 aliphatic rings. The Morgan fingerprint density at radius 2 is 2.21 bits per heavy atom. The number of aryl methyl sites for hydroxylation is 1. The highest BCUT2D eigenvalue weighted by Gasteiger charge is 2.13. The van der Waals surface area contributed by atoms with Gasteiger partial charge in [-0.05, 0) is 24.2 Å². The van der Waals surface area contributed by atoms with Gasteiger partial charge in [0.15, 0.2) is 0 Å². The van der Waals surface area contributed by atoms with E-state index in [9.17, 15) is 5.11 Å². The molecule has 0 spiro atoms. The van der Waals surface area contributed by atoms with Crippen LogP contribution in [0.4, 0.5) is 0 Å². The molecule has 1 unspecified atom stereocenters.